The van der Waals surface area contributed by atoms with Crippen molar-refractivity contribution >= 4 is 45.5 Å². The number of likely N-dealkylation sites (N-methyl/N-ethyl adjacent to an activating group) is 1. The summed E-state index contributed by atoms with van der Waals surface area (Å²) in [5.41, 5.74) is 2.36. The lowest BCUT2D eigenvalue weighted by Crippen LogP contribution is -2.23. The van der Waals surface area contributed by atoms with Crippen molar-refractivity contribution < 1.29 is 0 Å². The highest BCUT2D eigenvalue weighted by molar-refractivity contribution is 14.1. The molecule has 0 aliphatic rings. The summed E-state index contributed by atoms with van der Waals surface area (Å²) in [5, 5.41) is 5.53. The van der Waals surface area contributed by atoms with E-state index in [4.69, 9.17) is 11.6 Å². The summed E-state index contributed by atoms with van der Waals surface area (Å²) in [6.45, 7) is 7.25. The van der Waals surface area contributed by atoms with Crippen molar-refractivity contribution in [3.05, 3.63) is 47.9 Å². The molecule has 0 aliphatic heterocycles. The number of nitrogens with one attached hydrogen (secondary N) is 1. The molecule has 0 fully saturated rings. The van der Waals surface area contributed by atoms with Crippen LogP contribution in [0.4, 0.5) is 0 Å². The molecule has 5 heteroatoms. The Hall–Kier alpha value is -0.170. The lowest BCUT2D eigenvalue weighted by molar-refractivity contribution is 0.548. The van der Waals surface area contributed by atoms with Gasteiger partial charge >= 0.3 is 0 Å². The van der Waals surface area contributed by atoms with Gasteiger partial charge in [-0.2, -0.15) is 0 Å². The molecule has 2 aromatic rings. The summed E-state index contributed by atoms with van der Waals surface area (Å²) in [4.78, 5) is 5.94. The topological polar surface area (TPSA) is 24.9 Å². The summed E-state index contributed by atoms with van der Waals surface area (Å²) in [5.74, 6) is 0. The van der Waals surface area contributed by atoms with Crippen LogP contribution in [0.1, 0.15) is 34.1 Å². The summed E-state index contributed by atoms with van der Waals surface area (Å²) >= 11 is 10.3. The van der Waals surface area contributed by atoms with E-state index < -0.39 is 0 Å². The number of benzene rings is 1. The van der Waals surface area contributed by atoms with Crippen LogP contribution < -0.4 is 5.32 Å². The van der Waals surface area contributed by atoms with E-state index in [9.17, 15) is 0 Å². The van der Waals surface area contributed by atoms with Crippen LogP contribution in [0.5, 0.6) is 0 Å². The molecule has 20 heavy (non-hydrogen) atoms. The number of rotatable bonds is 5. The summed E-state index contributed by atoms with van der Waals surface area (Å²) in [7, 11) is 0. The van der Waals surface area contributed by atoms with Gasteiger partial charge in [0.05, 0.1) is 15.7 Å². The van der Waals surface area contributed by atoms with Gasteiger partial charge < -0.3 is 5.32 Å². The fourth-order valence-electron chi connectivity index (χ4n) is 2.08. The van der Waals surface area contributed by atoms with Gasteiger partial charge in [0.15, 0.2) is 0 Å². The third-order valence-corrected chi connectivity index (χ3v) is 5.92. The second kappa shape index (κ2) is 7.20. The lowest BCUT2D eigenvalue weighted by atomic mass is 10.0. The number of halogens is 2. The summed E-state index contributed by atoms with van der Waals surface area (Å²) < 4.78 is 1.09. The first-order valence-electron chi connectivity index (χ1n) is 6.62. The molecule has 0 radical (unpaired) electrons. The smallest absolute Gasteiger partial charge is 0.0949 e. The lowest BCUT2D eigenvalue weighted by Gasteiger charge is -2.17. The number of aromatic nitrogens is 1. The molecule has 1 unspecified atom stereocenters. The van der Waals surface area contributed by atoms with Crippen LogP contribution in [-0.2, 0) is 6.42 Å². The van der Waals surface area contributed by atoms with Gasteiger partial charge in [-0.1, -0.05) is 24.6 Å². The predicted octanol–water partition coefficient (Wildman–Crippen LogP) is 4.91. The van der Waals surface area contributed by atoms with Gasteiger partial charge in [0, 0.05) is 20.9 Å². The molecule has 1 aromatic heterocycles. The van der Waals surface area contributed by atoms with Gasteiger partial charge in [-0.15, -0.1) is 11.3 Å². The fourth-order valence-corrected chi connectivity index (χ4v) is 3.59. The number of nitrogens with zero attached hydrogens (tertiary/aromatic N) is 1. The van der Waals surface area contributed by atoms with Crippen LogP contribution in [0, 0.1) is 17.4 Å². The van der Waals surface area contributed by atoms with E-state index in [0.717, 1.165) is 27.3 Å². The van der Waals surface area contributed by atoms with Gasteiger partial charge in [-0.05, 0) is 60.7 Å². The Bertz CT molecular complexity index is 578. The van der Waals surface area contributed by atoms with E-state index in [0.29, 0.717) is 0 Å². The van der Waals surface area contributed by atoms with Crippen molar-refractivity contribution in [1.82, 2.24) is 10.3 Å². The molecule has 2 nitrogen and oxygen atoms in total. The van der Waals surface area contributed by atoms with Gasteiger partial charge in [-0.25, -0.2) is 4.98 Å². The normalized spacial score (nSPS) is 12.7. The van der Waals surface area contributed by atoms with Crippen LogP contribution in [0.15, 0.2) is 18.2 Å². The third kappa shape index (κ3) is 3.93. The first-order chi connectivity index (χ1) is 9.51. The number of hydrogen-bond donors (Lipinski definition) is 1. The maximum Gasteiger partial charge on any atom is 0.0949 e. The van der Waals surface area contributed by atoms with Crippen LogP contribution in [0.25, 0.3) is 0 Å². The van der Waals surface area contributed by atoms with Crippen molar-refractivity contribution in [2.45, 2.75) is 33.2 Å². The minimum atomic E-state index is 0.263. The highest BCUT2D eigenvalue weighted by Crippen LogP contribution is 2.27. The largest absolute Gasteiger partial charge is 0.310 e. The highest BCUT2D eigenvalue weighted by Gasteiger charge is 2.15. The minimum absolute atomic E-state index is 0.263. The summed E-state index contributed by atoms with van der Waals surface area (Å²) in [6.07, 6.45) is 0.907. The average Bonchev–Trinajstić information content (AvgIpc) is 2.71. The minimum Gasteiger partial charge on any atom is -0.310 e. The van der Waals surface area contributed by atoms with Crippen LogP contribution in [0.3, 0.4) is 0 Å². The molecular formula is C15H18ClIN2S. The first-order valence-corrected chi connectivity index (χ1v) is 8.89. The van der Waals surface area contributed by atoms with Crippen molar-refractivity contribution in [2.75, 3.05) is 6.54 Å². The molecule has 0 amide bonds. The van der Waals surface area contributed by atoms with Crippen LogP contribution in [-0.4, -0.2) is 11.5 Å². The molecule has 0 spiro atoms. The van der Waals surface area contributed by atoms with Crippen molar-refractivity contribution in [2.24, 2.45) is 0 Å². The Kier molecular flexibility index (Phi) is 5.84. The van der Waals surface area contributed by atoms with E-state index in [1.807, 2.05) is 0 Å². The molecule has 1 aromatic carbocycles. The summed E-state index contributed by atoms with van der Waals surface area (Å²) in [6, 6.07) is 6.54. The average molecular weight is 421 g/mol. The number of aryl methyl sites for hydroxylation is 2. The molecule has 0 saturated heterocycles. The van der Waals surface area contributed by atoms with Crippen LogP contribution >= 0.6 is 45.5 Å². The zero-order valence-electron chi connectivity index (χ0n) is 11.8. The molecule has 108 valence electrons. The molecule has 0 aliphatic carbocycles. The van der Waals surface area contributed by atoms with Crippen molar-refractivity contribution in [1.29, 1.82) is 0 Å². The maximum atomic E-state index is 6.24. The SMILES string of the molecule is CCNC(Cc1nc(C)c(C)s1)c1ccc(I)c(Cl)c1. The molecule has 0 bridgehead atoms. The van der Waals surface area contributed by atoms with Gasteiger partial charge in [-0.3, -0.25) is 0 Å². The van der Waals surface area contributed by atoms with Gasteiger partial charge in [0.25, 0.3) is 0 Å². The van der Waals surface area contributed by atoms with Gasteiger partial charge in [0.2, 0.25) is 0 Å². The zero-order chi connectivity index (χ0) is 14.7. The molecule has 0 saturated carbocycles. The fraction of sp³-hybridized carbons (Fsp3) is 0.400. The second-order valence-electron chi connectivity index (χ2n) is 4.74. The maximum absolute atomic E-state index is 6.24. The van der Waals surface area contributed by atoms with Crippen LogP contribution in [0.2, 0.25) is 5.02 Å². The molecule has 1 N–H and O–H groups in total. The Morgan fingerprint density at radius 2 is 2.15 bits per heavy atom. The van der Waals surface area contributed by atoms with E-state index in [2.05, 4.69) is 71.9 Å². The van der Waals surface area contributed by atoms with Gasteiger partial charge in [0.1, 0.15) is 0 Å². The second-order valence-corrected chi connectivity index (χ2v) is 7.59. The first kappa shape index (κ1) is 16.2. The predicted molar refractivity (Wildman–Crippen MR) is 95.9 cm³/mol. The Morgan fingerprint density at radius 1 is 1.40 bits per heavy atom. The third-order valence-electron chi connectivity index (χ3n) is 3.25. The number of thiazole rings is 1. The number of hydrogen-bond acceptors (Lipinski definition) is 3. The monoisotopic (exact) mass is 420 g/mol. The van der Waals surface area contributed by atoms with Crippen molar-refractivity contribution in [3.63, 3.8) is 0 Å². The Balaban J connectivity index is 2.23. The van der Waals surface area contributed by atoms with Crippen molar-refractivity contribution in [3.8, 4) is 0 Å². The zero-order valence-corrected chi connectivity index (χ0v) is 15.6. The molecular weight excluding hydrogens is 403 g/mol. The molecule has 2 rings (SSSR count). The standard InChI is InChI=1S/C15H18ClIN2S/c1-4-18-14(8-15-19-9(2)10(3)20-15)11-5-6-13(17)12(16)7-11/h5-7,14,18H,4,8H2,1-3H3. The Labute approximate surface area is 143 Å². The quantitative estimate of drug-likeness (QED) is 0.695. The molecule has 1 heterocycles. The van der Waals surface area contributed by atoms with E-state index in [1.165, 1.54) is 15.4 Å². The van der Waals surface area contributed by atoms with E-state index in [-0.39, 0.29) is 6.04 Å². The van der Waals surface area contributed by atoms with E-state index >= 15 is 0 Å². The highest BCUT2D eigenvalue weighted by atomic mass is 127. The Morgan fingerprint density at radius 3 is 2.70 bits per heavy atom. The van der Waals surface area contributed by atoms with E-state index in [1.54, 1.807) is 11.3 Å². The molecule has 1 atom stereocenters.